The van der Waals surface area contributed by atoms with Crippen molar-refractivity contribution in [1.82, 2.24) is 4.98 Å². The molecule has 1 aliphatic heterocycles. The molecule has 0 radical (unpaired) electrons. The van der Waals surface area contributed by atoms with E-state index in [1.54, 1.807) is 0 Å². The number of anilines is 1. The second-order valence-corrected chi connectivity index (χ2v) is 3.99. The molecule has 8 heteroatoms. The molecule has 0 aliphatic carbocycles. The number of carbonyl (C=O) groups excluding carboxylic acids is 1. The Hall–Kier alpha value is -1.96. The zero-order valence-corrected chi connectivity index (χ0v) is 9.81. The average molecular weight is 272 g/mol. The summed E-state index contributed by atoms with van der Waals surface area (Å²) in [5.74, 6) is -0.249. The lowest BCUT2D eigenvalue weighted by atomic mass is 10.2. The molecule has 0 fully saturated rings. The maximum absolute atomic E-state index is 12.4. The lowest BCUT2D eigenvalue weighted by Gasteiger charge is -2.11. The zero-order valence-electron chi connectivity index (χ0n) is 9.81. The van der Waals surface area contributed by atoms with E-state index in [9.17, 15) is 18.0 Å². The maximum Gasteiger partial charge on any atom is 0.417 e. The van der Waals surface area contributed by atoms with Crippen LogP contribution in [0.2, 0.25) is 0 Å². The van der Waals surface area contributed by atoms with E-state index in [-0.39, 0.29) is 18.1 Å². The molecule has 2 heterocycles. The molecule has 1 aromatic heterocycles. The number of amides is 1. The van der Waals surface area contributed by atoms with Crippen molar-refractivity contribution in [2.75, 3.05) is 11.6 Å². The highest BCUT2D eigenvalue weighted by molar-refractivity contribution is 6.12. The number of halogens is 3. The minimum absolute atomic E-state index is 0.0741. The van der Waals surface area contributed by atoms with Crippen LogP contribution < -0.4 is 10.7 Å². The van der Waals surface area contributed by atoms with E-state index >= 15 is 0 Å². The van der Waals surface area contributed by atoms with Gasteiger partial charge in [-0.15, -0.1) is 0 Å². The van der Waals surface area contributed by atoms with Crippen molar-refractivity contribution >= 4 is 17.4 Å². The summed E-state index contributed by atoms with van der Waals surface area (Å²) in [6.07, 6.45) is -3.17. The molecule has 0 aromatic carbocycles. The Morgan fingerprint density at radius 1 is 1.37 bits per heavy atom. The Balaban J connectivity index is 2.21. The Labute approximate surface area is 106 Å². The number of hydrazone groups is 1. The first kappa shape index (κ1) is 13.5. The Morgan fingerprint density at radius 2 is 2.11 bits per heavy atom. The molecule has 0 unspecified atom stereocenters. The third-order valence-electron chi connectivity index (χ3n) is 2.56. The topological polar surface area (TPSA) is 71.6 Å². The van der Waals surface area contributed by atoms with Crippen LogP contribution in [0.1, 0.15) is 18.4 Å². The summed E-state index contributed by atoms with van der Waals surface area (Å²) >= 11 is 0. The predicted octanol–water partition coefficient (Wildman–Crippen LogP) is 1.54. The van der Waals surface area contributed by atoms with Crippen molar-refractivity contribution in [2.24, 2.45) is 10.8 Å². The Kier molecular flexibility index (Phi) is 3.52. The van der Waals surface area contributed by atoms with Gasteiger partial charge in [-0.25, -0.2) is 4.98 Å². The number of carbonyl (C=O) groups is 1. The van der Waals surface area contributed by atoms with Gasteiger partial charge >= 0.3 is 6.18 Å². The summed E-state index contributed by atoms with van der Waals surface area (Å²) in [5.41, 5.74) is 5.09. The number of alkyl halides is 3. The first-order valence-electron chi connectivity index (χ1n) is 5.54. The molecule has 0 saturated heterocycles. The van der Waals surface area contributed by atoms with E-state index in [1.807, 2.05) is 0 Å². The number of pyridine rings is 1. The standard InChI is InChI=1S/C11H11F3N4O/c12-11(13,14)7-1-2-9(16-6-7)18-10(19)5-8(17-18)3-4-15/h1-2,6H,3-5,15H2. The van der Waals surface area contributed by atoms with Crippen LogP contribution in [-0.4, -0.2) is 23.1 Å². The molecule has 102 valence electrons. The molecule has 0 saturated carbocycles. The van der Waals surface area contributed by atoms with Gasteiger partial charge in [0.05, 0.1) is 12.0 Å². The Morgan fingerprint density at radius 3 is 2.63 bits per heavy atom. The van der Waals surface area contributed by atoms with Gasteiger partial charge in [0, 0.05) is 18.3 Å². The van der Waals surface area contributed by atoms with E-state index in [0.717, 1.165) is 17.1 Å². The average Bonchev–Trinajstić information content (AvgIpc) is 2.70. The maximum atomic E-state index is 12.4. The van der Waals surface area contributed by atoms with E-state index in [4.69, 9.17) is 5.73 Å². The predicted molar refractivity (Wildman–Crippen MR) is 62.4 cm³/mol. The molecule has 1 amide bonds. The van der Waals surface area contributed by atoms with Crippen LogP contribution in [-0.2, 0) is 11.0 Å². The third kappa shape index (κ3) is 2.90. The minimum Gasteiger partial charge on any atom is -0.330 e. The number of nitrogens with zero attached hydrogens (tertiary/aromatic N) is 3. The quantitative estimate of drug-likeness (QED) is 0.907. The molecule has 0 spiro atoms. The number of rotatable bonds is 3. The normalized spacial score (nSPS) is 15.9. The van der Waals surface area contributed by atoms with Crippen molar-refractivity contribution in [3.05, 3.63) is 23.9 Å². The number of aromatic nitrogens is 1. The van der Waals surface area contributed by atoms with Crippen molar-refractivity contribution < 1.29 is 18.0 Å². The van der Waals surface area contributed by atoms with Gasteiger partial charge in [-0.05, 0) is 18.7 Å². The van der Waals surface area contributed by atoms with Crippen molar-refractivity contribution in [1.29, 1.82) is 0 Å². The summed E-state index contributed by atoms with van der Waals surface area (Å²) in [6, 6.07) is 1.99. The van der Waals surface area contributed by atoms with E-state index in [2.05, 4.69) is 10.1 Å². The highest BCUT2D eigenvalue weighted by atomic mass is 19.4. The van der Waals surface area contributed by atoms with Crippen molar-refractivity contribution in [2.45, 2.75) is 19.0 Å². The monoisotopic (exact) mass is 272 g/mol. The fraction of sp³-hybridized carbons (Fsp3) is 0.364. The minimum atomic E-state index is -4.45. The second kappa shape index (κ2) is 4.96. The summed E-state index contributed by atoms with van der Waals surface area (Å²) in [4.78, 5) is 15.3. The lowest BCUT2D eigenvalue weighted by molar-refractivity contribution is -0.137. The summed E-state index contributed by atoms with van der Waals surface area (Å²) in [6.45, 7) is 0.362. The SMILES string of the molecule is NCCC1=NN(c2ccc(C(F)(F)F)cn2)C(=O)C1. The van der Waals surface area contributed by atoms with Crippen LogP contribution in [0.15, 0.2) is 23.4 Å². The number of hydrogen-bond donors (Lipinski definition) is 1. The summed E-state index contributed by atoms with van der Waals surface area (Å²) in [5, 5.41) is 5.00. The Bertz CT molecular complexity index is 510. The van der Waals surface area contributed by atoms with Crippen LogP contribution in [0.5, 0.6) is 0 Å². The molecule has 2 rings (SSSR count). The molecule has 19 heavy (non-hydrogen) atoms. The molecule has 1 aromatic rings. The van der Waals surface area contributed by atoms with Crippen LogP contribution in [0.25, 0.3) is 0 Å². The fourth-order valence-electron chi connectivity index (χ4n) is 1.65. The van der Waals surface area contributed by atoms with Crippen molar-refractivity contribution in [3.8, 4) is 0 Å². The van der Waals surface area contributed by atoms with Crippen LogP contribution in [0.4, 0.5) is 19.0 Å². The summed E-state index contributed by atoms with van der Waals surface area (Å²) in [7, 11) is 0. The van der Waals surface area contributed by atoms with Gasteiger partial charge in [0.25, 0.3) is 5.91 Å². The summed E-state index contributed by atoms with van der Waals surface area (Å²) < 4.78 is 37.1. The molecular weight excluding hydrogens is 261 g/mol. The number of hydrogen-bond acceptors (Lipinski definition) is 4. The molecule has 2 N–H and O–H groups in total. The van der Waals surface area contributed by atoms with Gasteiger partial charge in [0.15, 0.2) is 5.82 Å². The van der Waals surface area contributed by atoms with Crippen LogP contribution in [0.3, 0.4) is 0 Å². The molecule has 5 nitrogen and oxygen atoms in total. The van der Waals surface area contributed by atoms with Gasteiger partial charge < -0.3 is 5.73 Å². The van der Waals surface area contributed by atoms with Crippen LogP contribution in [0, 0.1) is 0 Å². The molecule has 1 aliphatic rings. The van der Waals surface area contributed by atoms with E-state index in [0.29, 0.717) is 24.9 Å². The van der Waals surface area contributed by atoms with E-state index < -0.39 is 11.7 Å². The van der Waals surface area contributed by atoms with Gasteiger partial charge in [-0.3, -0.25) is 4.79 Å². The fourth-order valence-corrected chi connectivity index (χ4v) is 1.65. The van der Waals surface area contributed by atoms with Gasteiger partial charge in [0.1, 0.15) is 0 Å². The first-order valence-corrected chi connectivity index (χ1v) is 5.54. The first-order chi connectivity index (χ1) is 8.91. The smallest absolute Gasteiger partial charge is 0.330 e. The van der Waals surface area contributed by atoms with Crippen molar-refractivity contribution in [3.63, 3.8) is 0 Å². The second-order valence-electron chi connectivity index (χ2n) is 3.99. The number of nitrogens with two attached hydrogens (primary N) is 1. The largest absolute Gasteiger partial charge is 0.417 e. The molecular formula is C11H11F3N4O. The van der Waals surface area contributed by atoms with Gasteiger partial charge in [0.2, 0.25) is 0 Å². The highest BCUT2D eigenvalue weighted by Gasteiger charge is 2.32. The third-order valence-corrected chi connectivity index (χ3v) is 2.56. The molecule has 0 atom stereocenters. The zero-order chi connectivity index (χ0) is 14.0. The van der Waals surface area contributed by atoms with Crippen LogP contribution >= 0.6 is 0 Å². The van der Waals surface area contributed by atoms with Gasteiger partial charge in [-0.2, -0.15) is 23.3 Å². The van der Waals surface area contributed by atoms with Gasteiger partial charge in [-0.1, -0.05) is 0 Å². The van der Waals surface area contributed by atoms with E-state index in [1.165, 1.54) is 0 Å². The lowest BCUT2D eigenvalue weighted by Crippen LogP contribution is -2.21. The highest BCUT2D eigenvalue weighted by Crippen LogP contribution is 2.30. The molecule has 0 bridgehead atoms.